The van der Waals surface area contributed by atoms with E-state index < -0.39 is 5.97 Å². The number of hydrogen-bond donors (Lipinski definition) is 1. The molecule has 1 aromatic heterocycles. The first-order chi connectivity index (χ1) is 9.60. The SMILES string of the molecule is CCc1nnc(SCC(=O)O)n1CC1CN(C)CCO1. The molecule has 0 saturated carbocycles. The highest BCUT2D eigenvalue weighted by atomic mass is 32.2. The Morgan fingerprint density at radius 3 is 3.00 bits per heavy atom. The molecule has 1 aromatic rings. The second-order valence-corrected chi connectivity index (χ2v) is 5.74. The van der Waals surface area contributed by atoms with Crippen molar-refractivity contribution in [3.63, 3.8) is 0 Å². The van der Waals surface area contributed by atoms with Crippen LogP contribution in [0.25, 0.3) is 0 Å². The van der Waals surface area contributed by atoms with Crippen LogP contribution in [0.2, 0.25) is 0 Å². The maximum atomic E-state index is 10.7. The van der Waals surface area contributed by atoms with Gasteiger partial charge in [0.1, 0.15) is 5.82 Å². The first-order valence-corrected chi connectivity index (χ1v) is 7.65. The predicted molar refractivity (Wildman–Crippen MR) is 75.0 cm³/mol. The maximum absolute atomic E-state index is 10.7. The van der Waals surface area contributed by atoms with Gasteiger partial charge in [0.2, 0.25) is 0 Å². The summed E-state index contributed by atoms with van der Waals surface area (Å²) in [4.78, 5) is 12.9. The number of likely N-dealkylation sites (N-methyl/N-ethyl adjacent to an activating group) is 1. The Labute approximate surface area is 122 Å². The zero-order chi connectivity index (χ0) is 14.5. The number of carboxylic acid groups (broad SMARTS) is 1. The van der Waals surface area contributed by atoms with Crippen LogP contribution in [0.4, 0.5) is 0 Å². The van der Waals surface area contributed by atoms with Crippen molar-refractivity contribution in [2.75, 3.05) is 32.5 Å². The molecule has 0 bridgehead atoms. The number of aliphatic carboxylic acids is 1. The molecule has 0 spiro atoms. The van der Waals surface area contributed by atoms with Crippen molar-refractivity contribution >= 4 is 17.7 Å². The van der Waals surface area contributed by atoms with Crippen molar-refractivity contribution < 1.29 is 14.6 Å². The summed E-state index contributed by atoms with van der Waals surface area (Å²) in [5.74, 6) is 0.0127. The number of ether oxygens (including phenoxy) is 1. The van der Waals surface area contributed by atoms with Crippen LogP contribution in [0.5, 0.6) is 0 Å². The maximum Gasteiger partial charge on any atom is 0.313 e. The average molecular weight is 300 g/mol. The van der Waals surface area contributed by atoms with E-state index in [-0.39, 0.29) is 11.9 Å². The van der Waals surface area contributed by atoms with Crippen molar-refractivity contribution in [2.45, 2.75) is 31.1 Å². The van der Waals surface area contributed by atoms with E-state index in [0.29, 0.717) is 11.7 Å². The molecule has 112 valence electrons. The zero-order valence-electron chi connectivity index (χ0n) is 11.8. The van der Waals surface area contributed by atoms with Gasteiger partial charge in [0.15, 0.2) is 5.16 Å². The summed E-state index contributed by atoms with van der Waals surface area (Å²) in [7, 11) is 2.07. The zero-order valence-corrected chi connectivity index (χ0v) is 12.6. The molecule has 1 unspecified atom stereocenters. The van der Waals surface area contributed by atoms with E-state index in [2.05, 4.69) is 22.1 Å². The van der Waals surface area contributed by atoms with E-state index in [4.69, 9.17) is 9.84 Å². The molecular formula is C12H20N4O3S. The Morgan fingerprint density at radius 2 is 2.35 bits per heavy atom. The minimum Gasteiger partial charge on any atom is -0.481 e. The predicted octanol–water partition coefficient (Wildman–Crippen LogP) is 0.348. The third-order valence-corrected chi connectivity index (χ3v) is 4.11. The molecule has 1 N–H and O–H groups in total. The van der Waals surface area contributed by atoms with Gasteiger partial charge in [0, 0.05) is 19.5 Å². The number of carboxylic acids is 1. The summed E-state index contributed by atoms with van der Waals surface area (Å²) < 4.78 is 7.74. The van der Waals surface area contributed by atoms with Crippen LogP contribution < -0.4 is 0 Å². The smallest absolute Gasteiger partial charge is 0.313 e. The van der Waals surface area contributed by atoms with Crippen LogP contribution in [0, 0.1) is 0 Å². The van der Waals surface area contributed by atoms with Gasteiger partial charge in [0.25, 0.3) is 0 Å². The van der Waals surface area contributed by atoms with Gasteiger partial charge in [-0.05, 0) is 7.05 Å². The Balaban J connectivity index is 2.07. The Kier molecular flexibility index (Phi) is 5.38. The van der Waals surface area contributed by atoms with Crippen molar-refractivity contribution in [2.24, 2.45) is 0 Å². The lowest BCUT2D eigenvalue weighted by Gasteiger charge is -2.30. The van der Waals surface area contributed by atoms with Crippen LogP contribution in [0.3, 0.4) is 0 Å². The van der Waals surface area contributed by atoms with Crippen LogP contribution >= 0.6 is 11.8 Å². The van der Waals surface area contributed by atoms with Crippen LogP contribution in [0.15, 0.2) is 5.16 Å². The quantitative estimate of drug-likeness (QED) is 0.759. The van der Waals surface area contributed by atoms with E-state index in [1.807, 2.05) is 11.5 Å². The number of morpholine rings is 1. The van der Waals surface area contributed by atoms with E-state index in [1.165, 1.54) is 11.8 Å². The average Bonchev–Trinajstić information content (AvgIpc) is 2.78. The van der Waals surface area contributed by atoms with Crippen LogP contribution in [-0.4, -0.2) is 69.3 Å². The summed E-state index contributed by atoms with van der Waals surface area (Å²) in [6.07, 6.45) is 0.864. The monoisotopic (exact) mass is 300 g/mol. The molecule has 2 rings (SSSR count). The molecule has 2 heterocycles. The molecule has 0 amide bonds. The topological polar surface area (TPSA) is 80.5 Å². The molecule has 0 aliphatic carbocycles. The highest BCUT2D eigenvalue weighted by Gasteiger charge is 2.21. The number of aromatic nitrogens is 3. The molecule has 8 heteroatoms. The minimum atomic E-state index is -0.851. The Morgan fingerprint density at radius 1 is 1.55 bits per heavy atom. The molecule has 1 fully saturated rings. The molecule has 1 saturated heterocycles. The molecule has 1 aliphatic rings. The van der Waals surface area contributed by atoms with Gasteiger partial charge in [-0.1, -0.05) is 18.7 Å². The highest BCUT2D eigenvalue weighted by molar-refractivity contribution is 7.99. The summed E-state index contributed by atoms with van der Waals surface area (Å²) in [6, 6.07) is 0. The van der Waals surface area contributed by atoms with Gasteiger partial charge in [-0.3, -0.25) is 4.79 Å². The molecule has 7 nitrogen and oxygen atoms in total. The molecule has 0 radical (unpaired) electrons. The third-order valence-electron chi connectivity index (χ3n) is 3.16. The summed E-state index contributed by atoms with van der Waals surface area (Å²) >= 11 is 1.20. The van der Waals surface area contributed by atoms with Crippen molar-refractivity contribution in [1.82, 2.24) is 19.7 Å². The Hall–Kier alpha value is -1.12. The van der Waals surface area contributed by atoms with E-state index in [0.717, 1.165) is 31.9 Å². The van der Waals surface area contributed by atoms with Gasteiger partial charge in [-0.25, -0.2) is 0 Å². The standard InChI is InChI=1S/C12H20N4O3S/c1-3-10-13-14-12(20-8-11(17)18)16(10)7-9-6-15(2)4-5-19-9/h9H,3-8H2,1-2H3,(H,17,18). The number of aryl methyl sites for hydroxylation is 1. The molecule has 1 aliphatic heterocycles. The van der Waals surface area contributed by atoms with Crippen molar-refractivity contribution in [3.8, 4) is 0 Å². The lowest BCUT2D eigenvalue weighted by atomic mass is 10.3. The fourth-order valence-electron chi connectivity index (χ4n) is 2.18. The van der Waals surface area contributed by atoms with Crippen molar-refractivity contribution in [3.05, 3.63) is 5.82 Å². The Bertz CT molecular complexity index is 466. The largest absolute Gasteiger partial charge is 0.481 e. The van der Waals surface area contributed by atoms with Crippen molar-refractivity contribution in [1.29, 1.82) is 0 Å². The van der Waals surface area contributed by atoms with Gasteiger partial charge >= 0.3 is 5.97 Å². The fourth-order valence-corrected chi connectivity index (χ4v) is 2.86. The lowest BCUT2D eigenvalue weighted by molar-refractivity contribution is -0.133. The van der Waals surface area contributed by atoms with Gasteiger partial charge in [-0.2, -0.15) is 0 Å². The second-order valence-electron chi connectivity index (χ2n) is 4.80. The van der Waals surface area contributed by atoms with Gasteiger partial charge in [-0.15, -0.1) is 10.2 Å². The first-order valence-electron chi connectivity index (χ1n) is 6.67. The lowest BCUT2D eigenvalue weighted by Crippen LogP contribution is -2.42. The number of hydrogen-bond acceptors (Lipinski definition) is 6. The number of nitrogens with zero attached hydrogens (tertiary/aromatic N) is 4. The molecule has 20 heavy (non-hydrogen) atoms. The summed E-state index contributed by atoms with van der Waals surface area (Å²) in [6.45, 7) is 5.22. The highest BCUT2D eigenvalue weighted by Crippen LogP contribution is 2.19. The minimum absolute atomic E-state index is 0.00667. The van der Waals surface area contributed by atoms with Crippen LogP contribution in [0.1, 0.15) is 12.7 Å². The first kappa shape index (κ1) is 15.3. The third kappa shape index (κ3) is 3.94. The normalized spacial score (nSPS) is 20.2. The molecular weight excluding hydrogens is 280 g/mol. The number of carbonyl (C=O) groups is 1. The molecule has 1 atom stereocenters. The second kappa shape index (κ2) is 7.05. The van der Waals surface area contributed by atoms with Gasteiger partial charge < -0.3 is 19.3 Å². The summed E-state index contributed by atoms with van der Waals surface area (Å²) in [5.41, 5.74) is 0. The fraction of sp³-hybridized carbons (Fsp3) is 0.750. The van der Waals surface area contributed by atoms with Gasteiger partial charge in [0.05, 0.1) is 25.0 Å². The number of thioether (sulfide) groups is 1. The van der Waals surface area contributed by atoms with E-state index in [9.17, 15) is 4.79 Å². The molecule has 0 aromatic carbocycles. The summed E-state index contributed by atoms with van der Waals surface area (Å²) in [5, 5.41) is 17.6. The van der Waals surface area contributed by atoms with E-state index >= 15 is 0 Å². The van der Waals surface area contributed by atoms with E-state index in [1.54, 1.807) is 0 Å². The number of rotatable bonds is 6. The van der Waals surface area contributed by atoms with Crippen LogP contribution in [-0.2, 0) is 22.5 Å².